The van der Waals surface area contributed by atoms with Gasteiger partial charge in [-0.25, -0.2) is 4.79 Å². The fourth-order valence-electron chi connectivity index (χ4n) is 1.90. The van der Waals surface area contributed by atoms with Gasteiger partial charge in [0.25, 0.3) is 5.69 Å². The second-order valence-electron chi connectivity index (χ2n) is 4.47. The van der Waals surface area contributed by atoms with Crippen LogP contribution in [0.1, 0.15) is 29.6 Å². The van der Waals surface area contributed by atoms with Crippen molar-refractivity contribution in [2.75, 3.05) is 25.1 Å². The molecule has 0 atom stereocenters. The first-order valence-electron chi connectivity index (χ1n) is 6.31. The lowest BCUT2D eigenvalue weighted by molar-refractivity contribution is -0.384. The van der Waals surface area contributed by atoms with Crippen molar-refractivity contribution in [3.05, 3.63) is 33.9 Å². The molecule has 0 aliphatic rings. The predicted octanol–water partition coefficient (Wildman–Crippen LogP) is 1.89. The summed E-state index contributed by atoms with van der Waals surface area (Å²) in [6.45, 7) is 0.764. The van der Waals surface area contributed by atoms with Crippen molar-refractivity contribution in [1.29, 1.82) is 0 Å². The number of rotatable bonds is 8. The molecule has 7 nitrogen and oxygen atoms in total. The summed E-state index contributed by atoms with van der Waals surface area (Å²) in [6, 6.07) is 3.82. The Labute approximate surface area is 116 Å². The molecule has 0 amide bonds. The van der Waals surface area contributed by atoms with E-state index in [1.54, 1.807) is 11.9 Å². The molecular weight excluding hydrogens is 264 g/mol. The average Bonchev–Trinajstić information content (AvgIpc) is 2.42. The summed E-state index contributed by atoms with van der Waals surface area (Å²) in [4.78, 5) is 23.0. The standard InChI is InChI=1S/C13H18N2O5/c1-14(7-3-2-4-8-16)12-6-5-10(15(19)20)9-11(12)13(17)18/h5-6,9,16H,2-4,7-8H2,1H3,(H,17,18). The van der Waals surface area contributed by atoms with Gasteiger partial charge >= 0.3 is 5.97 Å². The lowest BCUT2D eigenvalue weighted by Gasteiger charge is -2.21. The van der Waals surface area contributed by atoms with Gasteiger partial charge in [0.1, 0.15) is 0 Å². The highest BCUT2D eigenvalue weighted by atomic mass is 16.6. The van der Waals surface area contributed by atoms with Crippen molar-refractivity contribution < 1.29 is 19.9 Å². The maximum absolute atomic E-state index is 11.2. The van der Waals surface area contributed by atoms with Crippen LogP contribution in [0.25, 0.3) is 0 Å². The van der Waals surface area contributed by atoms with Crippen LogP contribution in [0.3, 0.4) is 0 Å². The lowest BCUT2D eigenvalue weighted by atomic mass is 10.1. The second kappa shape index (κ2) is 7.44. The number of nitro groups is 1. The average molecular weight is 282 g/mol. The molecule has 0 aliphatic carbocycles. The highest BCUT2D eigenvalue weighted by molar-refractivity contribution is 5.95. The van der Waals surface area contributed by atoms with E-state index in [1.165, 1.54) is 12.1 Å². The van der Waals surface area contributed by atoms with Crippen molar-refractivity contribution in [2.45, 2.75) is 19.3 Å². The van der Waals surface area contributed by atoms with Crippen molar-refractivity contribution >= 4 is 17.3 Å². The van der Waals surface area contributed by atoms with E-state index < -0.39 is 10.9 Å². The number of aromatic carboxylic acids is 1. The maximum Gasteiger partial charge on any atom is 0.338 e. The van der Waals surface area contributed by atoms with E-state index in [1.807, 2.05) is 0 Å². The Bertz CT molecular complexity index is 490. The highest BCUT2D eigenvalue weighted by Crippen LogP contribution is 2.25. The van der Waals surface area contributed by atoms with Gasteiger partial charge in [-0.3, -0.25) is 10.1 Å². The van der Waals surface area contributed by atoms with Crippen LogP contribution in [-0.2, 0) is 0 Å². The zero-order valence-corrected chi connectivity index (χ0v) is 11.3. The lowest BCUT2D eigenvalue weighted by Crippen LogP contribution is -2.21. The van der Waals surface area contributed by atoms with Gasteiger partial charge in [-0.05, 0) is 25.3 Å². The fourth-order valence-corrected chi connectivity index (χ4v) is 1.90. The molecule has 0 saturated heterocycles. The number of benzene rings is 1. The molecule has 0 aliphatic heterocycles. The molecule has 110 valence electrons. The molecule has 0 bridgehead atoms. The van der Waals surface area contributed by atoms with E-state index in [4.69, 9.17) is 10.2 Å². The number of carboxylic acids is 1. The molecule has 0 aromatic heterocycles. The minimum absolute atomic E-state index is 0.0798. The second-order valence-corrected chi connectivity index (χ2v) is 4.47. The van der Waals surface area contributed by atoms with E-state index in [0.29, 0.717) is 18.7 Å². The van der Waals surface area contributed by atoms with Crippen LogP contribution in [0.15, 0.2) is 18.2 Å². The molecule has 2 N–H and O–H groups in total. The number of carbonyl (C=O) groups is 1. The number of anilines is 1. The molecule has 0 saturated carbocycles. The van der Waals surface area contributed by atoms with E-state index in [-0.39, 0.29) is 17.9 Å². The SMILES string of the molecule is CN(CCCCCO)c1ccc([N+](=O)[O-])cc1C(=O)O. The number of nitro benzene ring substituents is 1. The van der Waals surface area contributed by atoms with Crippen LogP contribution in [0.4, 0.5) is 11.4 Å². The Balaban J connectivity index is 2.87. The van der Waals surface area contributed by atoms with Crippen molar-refractivity contribution in [1.82, 2.24) is 0 Å². The fraction of sp³-hybridized carbons (Fsp3) is 0.462. The van der Waals surface area contributed by atoms with Crippen LogP contribution in [0, 0.1) is 10.1 Å². The van der Waals surface area contributed by atoms with Crippen molar-refractivity contribution in [3.8, 4) is 0 Å². The first kappa shape index (κ1) is 15.9. The number of hydrogen-bond acceptors (Lipinski definition) is 5. The highest BCUT2D eigenvalue weighted by Gasteiger charge is 2.18. The van der Waals surface area contributed by atoms with Gasteiger partial charge in [-0.15, -0.1) is 0 Å². The summed E-state index contributed by atoms with van der Waals surface area (Å²) in [5.41, 5.74) is 0.135. The monoisotopic (exact) mass is 282 g/mol. The zero-order valence-electron chi connectivity index (χ0n) is 11.3. The van der Waals surface area contributed by atoms with Crippen LogP contribution in [0.2, 0.25) is 0 Å². The summed E-state index contributed by atoms with van der Waals surface area (Å²) >= 11 is 0. The van der Waals surface area contributed by atoms with Gasteiger partial charge in [0.05, 0.1) is 16.2 Å². The molecule has 1 aromatic rings. The molecule has 1 rings (SSSR count). The molecule has 0 unspecified atom stereocenters. The van der Waals surface area contributed by atoms with Gasteiger partial charge in [0.15, 0.2) is 0 Å². The normalized spacial score (nSPS) is 10.3. The Morgan fingerprint density at radius 1 is 1.35 bits per heavy atom. The third kappa shape index (κ3) is 4.20. The Morgan fingerprint density at radius 3 is 2.60 bits per heavy atom. The van der Waals surface area contributed by atoms with Gasteiger partial charge < -0.3 is 15.1 Å². The largest absolute Gasteiger partial charge is 0.478 e. The summed E-state index contributed by atoms with van der Waals surface area (Å²) in [5, 5.41) is 28.5. The Morgan fingerprint density at radius 2 is 2.05 bits per heavy atom. The van der Waals surface area contributed by atoms with Crippen molar-refractivity contribution in [2.24, 2.45) is 0 Å². The quantitative estimate of drug-likeness (QED) is 0.428. The molecule has 0 radical (unpaired) electrons. The first-order chi connectivity index (χ1) is 9.47. The summed E-state index contributed by atoms with van der Waals surface area (Å²) in [7, 11) is 1.74. The van der Waals surface area contributed by atoms with E-state index in [9.17, 15) is 14.9 Å². The van der Waals surface area contributed by atoms with E-state index in [0.717, 1.165) is 18.9 Å². The summed E-state index contributed by atoms with van der Waals surface area (Å²) < 4.78 is 0. The summed E-state index contributed by atoms with van der Waals surface area (Å²) in [6.07, 6.45) is 2.36. The zero-order chi connectivity index (χ0) is 15.1. The maximum atomic E-state index is 11.2. The van der Waals surface area contributed by atoms with Gasteiger partial charge in [0, 0.05) is 32.3 Å². The van der Waals surface area contributed by atoms with Gasteiger partial charge in [0.2, 0.25) is 0 Å². The minimum Gasteiger partial charge on any atom is -0.478 e. The van der Waals surface area contributed by atoms with Crippen LogP contribution < -0.4 is 4.90 Å². The Kier molecular flexibility index (Phi) is 5.92. The number of aliphatic hydroxyl groups is 1. The number of aliphatic hydroxyl groups excluding tert-OH is 1. The predicted molar refractivity (Wildman–Crippen MR) is 74.3 cm³/mol. The number of hydrogen-bond donors (Lipinski definition) is 2. The minimum atomic E-state index is -1.19. The smallest absolute Gasteiger partial charge is 0.338 e. The molecular formula is C13H18N2O5. The van der Waals surface area contributed by atoms with E-state index in [2.05, 4.69) is 0 Å². The van der Waals surface area contributed by atoms with Gasteiger partial charge in [-0.2, -0.15) is 0 Å². The third-order valence-electron chi connectivity index (χ3n) is 2.98. The van der Waals surface area contributed by atoms with Crippen molar-refractivity contribution in [3.63, 3.8) is 0 Å². The number of carboxylic acid groups (broad SMARTS) is 1. The van der Waals surface area contributed by atoms with Crippen LogP contribution in [-0.4, -0.2) is 41.3 Å². The molecule has 0 fully saturated rings. The number of nitrogens with zero attached hydrogens (tertiary/aromatic N) is 2. The number of unbranched alkanes of at least 4 members (excludes halogenated alkanes) is 2. The third-order valence-corrected chi connectivity index (χ3v) is 2.98. The molecule has 0 spiro atoms. The van der Waals surface area contributed by atoms with E-state index >= 15 is 0 Å². The number of non-ortho nitro benzene ring substituents is 1. The molecule has 20 heavy (non-hydrogen) atoms. The van der Waals surface area contributed by atoms with Crippen LogP contribution in [0.5, 0.6) is 0 Å². The molecule has 7 heteroatoms. The van der Waals surface area contributed by atoms with Crippen LogP contribution >= 0.6 is 0 Å². The Hall–Kier alpha value is -2.15. The van der Waals surface area contributed by atoms with Gasteiger partial charge in [-0.1, -0.05) is 0 Å². The summed E-state index contributed by atoms with van der Waals surface area (Å²) in [5.74, 6) is -1.19. The molecule has 1 aromatic carbocycles. The topological polar surface area (TPSA) is 104 Å². The first-order valence-corrected chi connectivity index (χ1v) is 6.31. The molecule has 0 heterocycles.